The van der Waals surface area contributed by atoms with Gasteiger partial charge in [-0.25, -0.2) is 0 Å². The van der Waals surface area contributed by atoms with Gasteiger partial charge in [-0.1, -0.05) is 11.6 Å². The molecule has 0 radical (unpaired) electrons. The Balaban J connectivity index is 2.92. The zero-order valence-electron chi connectivity index (χ0n) is 10.3. The van der Waals surface area contributed by atoms with Crippen molar-refractivity contribution in [3.8, 4) is 0 Å². The molecule has 1 aromatic carbocycles. The molecule has 5 nitrogen and oxygen atoms in total. The van der Waals surface area contributed by atoms with Crippen molar-refractivity contribution in [2.75, 3.05) is 19.5 Å². The number of amides is 1. The van der Waals surface area contributed by atoms with Crippen LogP contribution in [0.3, 0.4) is 0 Å². The van der Waals surface area contributed by atoms with E-state index in [0.717, 1.165) is 0 Å². The molecule has 98 valence electrons. The lowest BCUT2D eigenvalue weighted by atomic mass is 10.1. The van der Waals surface area contributed by atoms with Crippen LogP contribution < -0.4 is 5.32 Å². The molecule has 0 aliphatic heterocycles. The number of Topliss-reactive ketones (excluding diaryl/α,β-unsaturated/α-hetero) is 1. The lowest BCUT2D eigenvalue weighted by Gasteiger charge is -2.26. The topological polar surface area (TPSA) is 64.6 Å². The maximum absolute atomic E-state index is 12.0. The fraction of sp³-hybridized carbons (Fsp3) is 0.333. The average molecular weight is 272 g/mol. The molecule has 0 aliphatic carbocycles. The molecule has 18 heavy (non-hydrogen) atoms. The van der Waals surface area contributed by atoms with E-state index in [2.05, 4.69) is 5.32 Å². The molecule has 0 saturated heterocycles. The lowest BCUT2D eigenvalue weighted by Crippen LogP contribution is -2.52. The van der Waals surface area contributed by atoms with Crippen LogP contribution in [0.1, 0.15) is 6.92 Å². The third kappa shape index (κ3) is 2.87. The van der Waals surface area contributed by atoms with E-state index in [1.54, 1.807) is 24.3 Å². The van der Waals surface area contributed by atoms with E-state index in [1.807, 2.05) is 0 Å². The second kappa shape index (κ2) is 5.95. The molecular weight excluding hydrogens is 258 g/mol. The number of nitrogens with one attached hydrogen (secondary N) is 1. The fourth-order valence-corrected chi connectivity index (χ4v) is 1.59. The van der Waals surface area contributed by atoms with Gasteiger partial charge in [0.1, 0.15) is 0 Å². The first kappa shape index (κ1) is 14.6. The summed E-state index contributed by atoms with van der Waals surface area (Å²) >= 11 is 5.73. The molecule has 0 fully saturated rings. The Morgan fingerprint density at radius 3 is 2.06 bits per heavy atom. The van der Waals surface area contributed by atoms with Crippen LogP contribution in [0.2, 0.25) is 5.02 Å². The SMILES string of the molecule is COC(OC)(C(C)=O)C(=O)Nc1ccc(Cl)cc1. The number of anilines is 1. The summed E-state index contributed by atoms with van der Waals surface area (Å²) in [5, 5.41) is 3.07. The van der Waals surface area contributed by atoms with E-state index >= 15 is 0 Å². The molecular formula is C12H14ClNO4. The summed E-state index contributed by atoms with van der Waals surface area (Å²) in [7, 11) is 2.46. The molecule has 6 heteroatoms. The molecule has 0 spiro atoms. The molecule has 0 atom stereocenters. The molecule has 1 N–H and O–H groups in total. The van der Waals surface area contributed by atoms with E-state index in [-0.39, 0.29) is 0 Å². The minimum atomic E-state index is -1.93. The molecule has 0 unspecified atom stereocenters. The monoisotopic (exact) mass is 271 g/mol. The van der Waals surface area contributed by atoms with E-state index in [0.29, 0.717) is 10.7 Å². The number of methoxy groups -OCH3 is 2. The highest BCUT2D eigenvalue weighted by Crippen LogP contribution is 2.18. The Bertz CT molecular complexity index is 440. The van der Waals surface area contributed by atoms with Crippen LogP contribution in [0.4, 0.5) is 5.69 Å². The van der Waals surface area contributed by atoms with Crippen molar-refractivity contribution in [2.24, 2.45) is 0 Å². The van der Waals surface area contributed by atoms with Gasteiger partial charge >= 0.3 is 5.79 Å². The molecule has 1 amide bonds. The third-order valence-corrected chi connectivity index (χ3v) is 2.69. The van der Waals surface area contributed by atoms with Crippen LogP contribution >= 0.6 is 11.6 Å². The molecule has 0 aliphatic rings. The van der Waals surface area contributed by atoms with Gasteiger partial charge in [-0.15, -0.1) is 0 Å². The quantitative estimate of drug-likeness (QED) is 0.656. The van der Waals surface area contributed by atoms with Gasteiger partial charge in [-0.3, -0.25) is 9.59 Å². The predicted molar refractivity (Wildman–Crippen MR) is 67.5 cm³/mol. The van der Waals surface area contributed by atoms with Gasteiger partial charge in [0.15, 0.2) is 5.78 Å². The molecule has 1 aromatic rings. The molecule has 0 aromatic heterocycles. The summed E-state index contributed by atoms with van der Waals surface area (Å²) in [6.45, 7) is 1.22. The van der Waals surface area contributed by atoms with Gasteiger partial charge in [0, 0.05) is 31.9 Å². The van der Waals surface area contributed by atoms with Crippen LogP contribution in [0, 0.1) is 0 Å². The summed E-state index contributed by atoms with van der Waals surface area (Å²) in [5.41, 5.74) is 0.490. The van der Waals surface area contributed by atoms with Gasteiger partial charge in [-0.2, -0.15) is 0 Å². The van der Waals surface area contributed by atoms with Gasteiger partial charge in [0.2, 0.25) is 0 Å². The highest BCUT2D eigenvalue weighted by Gasteiger charge is 2.44. The zero-order valence-corrected chi connectivity index (χ0v) is 11.1. The Morgan fingerprint density at radius 1 is 1.17 bits per heavy atom. The van der Waals surface area contributed by atoms with Crippen LogP contribution in [0.5, 0.6) is 0 Å². The summed E-state index contributed by atoms with van der Waals surface area (Å²) in [6.07, 6.45) is 0. The van der Waals surface area contributed by atoms with E-state index in [1.165, 1.54) is 21.1 Å². The minimum absolute atomic E-state index is 0.490. The standard InChI is InChI=1S/C12H14ClNO4/c1-8(15)12(17-2,18-3)11(16)14-10-6-4-9(13)5-7-10/h4-7H,1-3H3,(H,14,16). The summed E-state index contributed by atoms with van der Waals surface area (Å²) in [4.78, 5) is 23.5. The number of benzene rings is 1. The first-order valence-corrected chi connectivity index (χ1v) is 5.52. The van der Waals surface area contributed by atoms with Gasteiger partial charge in [0.25, 0.3) is 5.91 Å². The highest BCUT2D eigenvalue weighted by atomic mass is 35.5. The number of hydrogen-bond donors (Lipinski definition) is 1. The largest absolute Gasteiger partial charge is 0.340 e. The van der Waals surface area contributed by atoms with Crippen molar-refractivity contribution in [1.29, 1.82) is 0 Å². The number of halogens is 1. The van der Waals surface area contributed by atoms with Gasteiger partial charge in [0.05, 0.1) is 0 Å². The van der Waals surface area contributed by atoms with Crippen LogP contribution in [0.25, 0.3) is 0 Å². The Labute approximate surface area is 110 Å². The molecule has 0 bridgehead atoms. The number of carbonyl (C=O) groups is 2. The Hall–Kier alpha value is -1.43. The van der Waals surface area contributed by atoms with Crippen LogP contribution in [-0.2, 0) is 19.1 Å². The smallest absolute Gasteiger partial charge is 0.310 e. The van der Waals surface area contributed by atoms with Crippen molar-refractivity contribution in [1.82, 2.24) is 0 Å². The first-order valence-electron chi connectivity index (χ1n) is 5.14. The van der Waals surface area contributed by atoms with Crippen LogP contribution in [-0.4, -0.2) is 31.7 Å². The Kier molecular flexibility index (Phi) is 4.84. The predicted octanol–water partition coefficient (Wildman–Crippen LogP) is 1.86. The normalized spacial score (nSPS) is 11.1. The second-order valence-corrected chi connectivity index (χ2v) is 3.98. The maximum Gasteiger partial charge on any atom is 0.310 e. The highest BCUT2D eigenvalue weighted by molar-refractivity contribution is 6.30. The van der Waals surface area contributed by atoms with Crippen molar-refractivity contribution in [2.45, 2.75) is 12.7 Å². The molecule has 1 rings (SSSR count). The number of ether oxygens (including phenoxy) is 2. The Morgan fingerprint density at radius 2 is 1.67 bits per heavy atom. The zero-order chi connectivity index (χ0) is 13.8. The van der Waals surface area contributed by atoms with Gasteiger partial charge < -0.3 is 14.8 Å². The third-order valence-electron chi connectivity index (χ3n) is 2.44. The first-order chi connectivity index (χ1) is 8.46. The lowest BCUT2D eigenvalue weighted by molar-refractivity contribution is -0.203. The van der Waals surface area contributed by atoms with E-state index < -0.39 is 17.5 Å². The number of hydrogen-bond acceptors (Lipinski definition) is 4. The number of rotatable bonds is 5. The van der Waals surface area contributed by atoms with Crippen LogP contribution in [0.15, 0.2) is 24.3 Å². The van der Waals surface area contributed by atoms with E-state index in [9.17, 15) is 9.59 Å². The fourth-order valence-electron chi connectivity index (χ4n) is 1.46. The van der Waals surface area contributed by atoms with Crippen molar-refractivity contribution >= 4 is 29.0 Å². The van der Waals surface area contributed by atoms with Crippen molar-refractivity contribution in [3.63, 3.8) is 0 Å². The molecule has 0 saturated carbocycles. The van der Waals surface area contributed by atoms with Crippen molar-refractivity contribution < 1.29 is 19.1 Å². The minimum Gasteiger partial charge on any atom is -0.340 e. The molecule has 0 heterocycles. The summed E-state index contributed by atoms with van der Waals surface area (Å²) < 4.78 is 9.79. The maximum atomic E-state index is 12.0. The summed E-state index contributed by atoms with van der Waals surface area (Å²) in [5.74, 6) is -3.17. The average Bonchev–Trinajstić information content (AvgIpc) is 2.34. The van der Waals surface area contributed by atoms with E-state index in [4.69, 9.17) is 21.1 Å². The number of carbonyl (C=O) groups excluding carboxylic acids is 2. The second-order valence-electron chi connectivity index (χ2n) is 3.54. The summed E-state index contributed by atoms with van der Waals surface area (Å²) in [6, 6.07) is 6.45. The van der Waals surface area contributed by atoms with Crippen molar-refractivity contribution in [3.05, 3.63) is 29.3 Å². The number of ketones is 1. The van der Waals surface area contributed by atoms with Gasteiger partial charge in [-0.05, 0) is 24.3 Å².